The van der Waals surface area contributed by atoms with Crippen LogP contribution < -0.4 is 0 Å². The van der Waals surface area contributed by atoms with E-state index in [-0.39, 0.29) is 81.0 Å². The van der Waals surface area contributed by atoms with Gasteiger partial charge in [-0.3, -0.25) is 8.37 Å². The lowest BCUT2D eigenvalue weighted by atomic mass is 9.89. The number of hydrogen-bond acceptors (Lipinski definition) is 27. The molecule has 27 nitrogen and oxygen atoms in total. The van der Waals surface area contributed by atoms with Gasteiger partial charge in [0.25, 0.3) is 0 Å². The summed E-state index contributed by atoms with van der Waals surface area (Å²) in [7, 11) is -14.0. The number of benzene rings is 9. The number of rotatable bonds is 38. The molecule has 6 aliphatic rings. The summed E-state index contributed by atoms with van der Waals surface area (Å²) >= 11 is 0. The maximum absolute atomic E-state index is 14.4. The van der Waals surface area contributed by atoms with Gasteiger partial charge in [-0.25, -0.2) is 13.6 Å². The number of fused-ring (bicyclic) bond motifs is 1. The Hall–Kier alpha value is -9.09. The second-order valence-corrected chi connectivity index (χ2v) is 39.5. The Bertz CT molecular complexity index is 5440. The van der Waals surface area contributed by atoms with Crippen molar-refractivity contribution in [1.29, 1.82) is 5.26 Å². The minimum absolute atomic E-state index is 0.0950. The van der Waals surface area contributed by atoms with E-state index >= 15 is 0 Å². The minimum Gasteiger partial charge on any atom is -0.455 e. The SMILES string of the molecule is CC[C@H]1O[C@@H](C)[C@@H](C)[C@H](F)[C@@H]1OP(C)OCCC#N.C[C@@H]1O[C@@H]2CO[C@@H](c3ccccc3)O[C@H]2[C@H](OS(=O)(=O)C(F)(F)F)[C@H]1OS(=O)(=O)C(F)(F)F.C[C@@H]1O[C@H](COCc2ccccc2)[C@@H](OCc2ccccc2)[C@H](OCc2ccccc2)[C@H]1OCc1ccccc1.C[C@H]1[C@H](F)[C@H](O)[C@@H](CO)O[C@H]1C.O=C1O[C@H](COCc2ccccc2)[C@@H](OCc2ccccc2)[C@H](OCc2ccccc2)[C@H]1OCc1ccccc1. The van der Waals surface area contributed by atoms with E-state index < -0.39 is 144 Å². The Balaban J connectivity index is 0.000000180. The van der Waals surface area contributed by atoms with Crippen molar-refractivity contribution in [3.05, 3.63) is 323 Å². The van der Waals surface area contributed by atoms with E-state index in [0.717, 1.165) is 51.4 Å². The Kier molecular flexibility index (Phi) is 46.0. The number of aliphatic hydroxyl groups is 2. The lowest BCUT2D eigenvalue weighted by molar-refractivity contribution is -0.320. The summed E-state index contributed by atoms with van der Waals surface area (Å²) in [6, 6.07) is 89.8. The van der Waals surface area contributed by atoms with Gasteiger partial charge < -0.3 is 90.3 Å². The normalized spacial score (nSPS) is 28.3. The van der Waals surface area contributed by atoms with Crippen molar-refractivity contribution in [2.24, 2.45) is 11.8 Å². The van der Waals surface area contributed by atoms with Crippen LogP contribution in [0.3, 0.4) is 0 Å². The molecule has 38 heteroatoms. The third-order valence-electron chi connectivity index (χ3n) is 24.5. The fourth-order valence-corrected chi connectivity index (χ4v) is 18.7. The number of esters is 1. The summed E-state index contributed by atoms with van der Waals surface area (Å²) in [6.07, 6.45) is -20.1. The lowest BCUT2D eigenvalue weighted by Gasteiger charge is -2.47. The zero-order chi connectivity index (χ0) is 103. The van der Waals surface area contributed by atoms with Crippen LogP contribution in [0, 0.1) is 23.2 Å². The molecule has 6 saturated heterocycles. The molecule has 0 amide bonds. The number of cyclic esters (lactones) is 1. The largest absolute Gasteiger partial charge is 0.523 e. The number of ether oxygens (including phenoxy) is 15. The number of alkyl halides is 8. The number of aliphatic hydroxyl groups excluding tert-OH is 2. The van der Waals surface area contributed by atoms with Gasteiger partial charge >= 0.3 is 37.2 Å². The number of carbonyl (C=O) groups excluding carboxylic acids is 1. The Labute approximate surface area is 837 Å². The second-order valence-electron chi connectivity index (χ2n) is 35.1. The minimum atomic E-state index is -6.41. The predicted molar refractivity (Wildman–Crippen MR) is 515 cm³/mol. The summed E-state index contributed by atoms with van der Waals surface area (Å²) in [5.41, 5.74) is -3.21. The number of hydrogen-bond donors (Lipinski definition) is 2. The van der Waals surface area contributed by atoms with Crippen molar-refractivity contribution in [3.8, 4) is 6.07 Å². The number of carbonyl (C=O) groups is 1. The van der Waals surface area contributed by atoms with Crippen molar-refractivity contribution < 1.29 is 155 Å². The summed E-state index contributed by atoms with van der Waals surface area (Å²) in [5, 5.41) is 26.4. The van der Waals surface area contributed by atoms with Crippen LogP contribution in [0.5, 0.6) is 0 Å². The van der Waals surface area contributed by atoms with E-state index in [9.17, 15) is 61.9 Å². The molecule has 6 aliphatic heterocycles. The van der Waals surface area contributed by atoms with E-state index in [1.165, 1.54) is 12.1 Å². The lowest BCUT2D eigenvalue weighted by Crippen LogP contribution is -2.63. The van der Waals surface area contributed by atoms with Gasteiger partial charge in [-0.15, -0.1) is 0 Å². The van der Waals surface area contributed by atoms with E-state index in [1.807, 2.05) is 228 Å². The van der Waals surface area contributed by atoms with Gasteiger partial charge in [0.1, 0.15) is 91.7 Å². The van der Waals surface area contributed by atoms with Crippen LogP contribution in [0.25, 0.3) is 0 Å². The topological polar surface area (TPSA) is 325 Å². The number of nitrogens with zero attached hydrogens (tertiary/aromatic N) is 1. The molecule has 784 valence electrons. The molecule has 0 aliphatic carbocycles. The summed E-state index contributed by atoms with van der Waals surface area (Å²) in [6.45, 7) is 17.2. The number of halogens is 8. The van der Waals surface area contributed by atoms with Crippen molar-refractivity contribution in [3.63, 3.8) is 0 Å². The van der Waals surface area contributed by atoms with Crippen molar-refractivity contribution in [2.45, 2.75) is 266 Å². The first-order chi connectivity index (χ1) is 69.1. The predicted octanol–water partition coefficient (Wildman–Crippen LogP) is 18.5. The zero-order valence-electron chi connectivity index (χ0n) is 80.9. The highest BCUT2D eigenvalue weighted by atomic mass is 32.2. The molecule has 0 spiro atoms. The highest BCUT2D eigenvalue weighted by molar-refractivity contribution is 7.88. The zero-order valence-corrected chi connectivity index (χ0v) is 83.5. The fraction of sp³-hybridized carbons (Fsp3) is 0.472. The highest BCUT2D eigenvalue weighted by Crippen LogP contribution is 2.45. The van der Waals surface area contributed by atoms with Gasteiger partial charge in [-0.1, -0.05) is 294 Å². The first kappa shape index (κ1) is 115. The third kappa shape index (κ3) is 34.5. The first-order valence-corrected chi connectivity index (χ1v) is 51.9. The van der Waals surface area contributed by atoms with Crippen LogP contribution in [0.15, 0.2) is 273 Å². The standard InChI is InChI=1S/C35H38O5.C34H34O6.C16H16F6O9S2.C13H23FNO3P.C8H15FO3/c1-27-33(37-23-29-16-8-3-9-17-29)35(39-25-31-20-12-5-13-21-31)34(38-24-30-18-10-4-11-19-30)32(40-27)26-36-22-28-14-6-2-7-15-28;35-34-33(39-24-29-19-11-4-12-20-29)32(38-23-28-17-9-3-10-18-28)31(37-22-27-15-7-2-8-16-27)30(40-34)25-36-21-26-13-5-1-6-14-26;1-8-11(30-32(23,24)15(17,18)19)13(31-33(25,26)16(20,21)22)12-10(28-8)7-27-14(29-12)9-5-3-2-4-6-9;1-5-11-13(12(14)9(2)10(3)17-11)18-19(4)16-8-6-7-15;1-4-5(2)12-6(3-10)8(11)7(4)9/h2-21,27,32-35H,22-26H2,1H3;1-20,30-33H,21-25H2;2-6,8,10-14H,7H2,1H3;9-13H,5-6,8H2,1-4H3;4-8,10-11H,3H2,1-2H3/t27-,32+,33-,34+,35+;30-,31-,32+,33-;8-,10+,11-,12+,13+,14+;9-,10+,11-,12+,13-,19?;4-,5+,6-,7+,8-/m01011/s1. The Morgan fingerprint density at radius 2 is 0.771 bits per heavy atom. The summed E-state index contributed by atoms with van der Waals surface area (Å²) in [4.78, 5) is 13.4. The number of nitriles is 1. The highest BCUT2D eigenvalue weighted by Gasteiger charge is 2.60. The molecular formula is C106H126F8NO26PS2. The van der Waals surface area contributed by atoms with E-state index in [2.05, 4.69) is 56.9 Å². The molecule has 9 aromatic rings. The molecule has 0 aromatic heterocycles. The quantitative estimate of drug-likeness (QED) is 0.00906. The maximum Gasteiger partial charge on any atom is 0.523 e. The molecule has 6 fully saturated rings. The van der Waals surface area contributed by atoms with E-state index in [1.54, 1.807) is 38.7 Å². The molecule has 26 atom stereocenters. The Morgan fingerprint density at radius 1 is 0.417 bits per heavy atom. The molecule has 9 aromatic carbocycles. The van der Waals surface area contributed by atoms with Crippen LogP contribution >= 0.6 is 8.38 Å². The van der Waals surface area contributed by atoms with Crippen molar-refractivity contribution >= 4 is 34.6 Å². The molecule has 6 heterocycles. The monoisotopic (exact) mass is 2080 g/mol. The van der Waals surface area contributed by atoms with Crippen molar-refractivity contribution in [1.82, 2.24) is 0 Å². The molecule has 144 heavy (non-hydrogen) atoms. The maximum atomic E-state index is 14.4. The van der Waals surface area contributed by atoms with Gasteiger partial charge in [0.2, 0.25) is 0 Å². The van der Waals surface area contributed by atoms with Crippen LogP contribution in [0.1, 0.15) is 118 Å². The van der Waals surface area contributed by atoms with E-state index in [0.29, 0.717) is 77.9 Å². The van der Waals surface area contributed by atoms with Gasteiger partial charge in [0.15, 0.2) is 26.9 Å². The molecule has 0 radical (unpaired) electrons. The summed E-state index contributed by atoms with van der Waals surface area (Å²) in [5.74, 6) is -0.986. The van der Waals surface area contributed by atoms with Gasteiger partial charge in [-0.05, 0) is 78.6 Å². The molecule has 0 bridgehead atoms. The molecule has 0 saturated carbocycles. The first-order valence-electron chi connectivity index (χ1n) is 47.4. The van der Waals surface area contributed by atoms with Crippen LogP contribution in [-0.2, 0) is 166 Å². The van der Waals surface area contributed by atoms with Crippen LogP contribution in [0.2, 0.25) is 0 Å². The van der Waals surface area contributed by atoms with Gasteiger partial charge in [0.05, 0.1) is 129 Å². The van der Waals surface area contributed by atoms with Crippen molar-refractivity contribution in [2.75, 3.05) is 39.7 Å². The molecule has 15 rings (SSSR count). The van der Waals surface area contributed by atoms with Gasteiger partial charge in [-0.2, -0.15) is 48.4 Å². The molecule has 1 unspecified atom stereocenters. The smallest absolute Gasteiger partial charge is 0.455 e. The molecular weight excluding hydrogens is 1950 g/mol. The van der Waals surface area contributed by atoms with Crippen LogP contribution in [0.4, 0.5) is 35.1 Å². The fourth-order valence-electron chi connectivity index (χ4n) is 16.4. The third-order valence-corrected chi connectivity index (χ3v) is 27.7. The Morgan fingerprint density at radius 3 is 1.19 bits per heavy atom. The van der Waals surface area contributed by atoms with Crippen LogP contribution in [-0.4, -0.2) is 218 Å². The second kappa shape index (κ2) is 57.5. The average Bonchev–Trinajstić information content (AvgIpc) is 0.751. The average molecular weight is 2080 g/mol. The summed E-state index contributed by atoms with van der Waals surface area (Å²) < 4.78 is 261. The van der Waals surface area contributed by atoms with E-state index in [4.69, 9.17) is 90.5 Å². The molecule has 2 N–H and O–H groups in total. The van der Waals surface area contributed by atoms with Gasteiger partial charge in [0, 0.05) is 24.1 Å².